The van der Waals surface area contributed by atoms with Crippen LogP contribution >= 0.6 is 11.8 Å². The van der Waals surface area contributed by atoms with Gasteiger partial charge in [-0.2, -0.15) is 11.8 Å². The monoisotopic (exact) mass is 293 g/mol. The number of rotatable bonds is 6. The molecule has 3 nitrogen and oxygen atoms in total. The molecule has 4 heteroatoms. The molecule has 3 unspecified atom stereocenters. The average Bonchev–Trinajstić information content (AvgIpc) is 2.83. The predicted octanol–water partition coefficient (Wildman–Crippen LogP) is 2.34. The maximum absolute atomic E-state index is 12.2. The maximum atomic E-state index is 12.2. The van der Waals surface area contributed by atoms with E-state index in [9.17, 15) is 9.90 Å². The zero-order chi connectivity index (χ0) is 14.5. The number of nitrogens with one attached hydrogen (secondary N) is 1. The smallest absolute Gasteiger partial charge is 0.220 e. The van der Waals surface area contributed by atoms with Gasteiger partial charge in [-0.25, -0.2) is 0 Å². The summed E-state index contributed by atoms with van der Waals surface area (Å²) in [5.74, 6) is 0.437. The molecule has 1 aromatic rings. The van der Waals surface area contributed by atoms with Crippen molar-refractivity contribution in [2.75, 3.05) is 12.9 Å². The molecule has 0 bridgehead atoms. The molecule has 0 aromatic heterocycles. The third-order valence-corrected chi connectivity index (χ3v) is 5.28. The predicted molar refractivity (Wildman–Crippen MR) is 84.1 cm³/mol. The van der Waals surface area contributed by atoms with E-state index in [1.807, 2.05) is 19.2 Å². The topological polar surface area (TPSA) is 49.3 Å². The molecule has 1 aliphatic carbocycles. The first-order chi connectivity index (χ1) is 9.65. The van der Waals surface area contributed by atoms with Gasteiger partial charge in [-0.1, -0.05) is 24.3 Å². The van der Waals surface area contributed by atoms with Crippen LogP contribution in [0.2, 0.25) is 0 Å². The van der Waals surface area contributed by atoms with Gasteiger partial charge in [0.2, 0.25) is 5.91 Å². The lowest BCUT2D eigenvalue weighted by Crippen LogP contribution is -2.41. The molecule has 0 heterocycles. The fourth-order valence-electron chi connectivity index (χ4n) is 2.92. The van der Waals surface area contributed by atoms with E-state index in [-0.39, 0.29) is 23.8 Å². The maximum Gasteiger partial charge on any atom is 0.220 e. The van der Waals surface area contributed by atoms with Gasteiger partial charge >= 0.3 is 0 Å². The summed E-state index contributed by atoms with van der Waals surface area (Å²) in [5.41, 5.74) is 2.72. The molecule has 20 heavy (non-hydrogen) atoms. The Bertz CT molecular complexity index is 460. The number of carbonyl (C=O) groups excluding carboxylic acids is 1. The van der Waals surface area contributed by atoms with Crippen molar-refractivity contribution in [3.8, 4) is 0 Å². The molecule has 0 radical (unpaired) electrons. The number of aliphatic hydroxyl groups is 1. The van der Waals surface area contributed by atoms with E-state index in [4.69, 9.17) is 0 Å². The SMILES string of the molecule is CSC(CO)C(C)NC(=O)CC1CCc2ccccc21. The van der Waals surface area contributed by atoms with Crippen LogP contribution in [0.5, 0.6) is 0 Å². The van der Waals surface area contributed by atoms with Crippen LogP contribution in [0.1, 0.15) is 36.8 Å². The molecule has 3 atom stereocenters. The number of hydrogen-bond donors (Lipinski definition) is 2. The van der Waals surface area contributed by atoms with Crippen LogP contribution in [0, 0.1) is 0 Å². The Labute approximate surface area is 125 Å². The third kappa shape index (κ3) is 3.55. The lowest BCUT2D eigenvalue weighted by molar-refractivity contribution is -0.122. The van der Waals surface area contributed by atoms with Crippen LogP contribution in [0.25, 0.3) is 0 Å². The highest BCUT2D eigenvalue weighted by Crippen LogP contribution is 2.35. The van der Waals surface area contributed by atoms with Crippen molar-refractivity contribution in [2.24, 2.45) is 0 Å². The van der Waals surface area contributed by atoms with Crippen LogP contribution in [0.15, 0.2) is 24.3 Å². The molecule has 0 saturated carbocycles. The second-order valence-corrected chi connectivity index (χ2v) is 6.53. The summed E-state index contributed by atoms with van der Waals surface area (Å²) in [4.78, 5) is 12.2. The summed E-state index contributed by atoms with van der Waals surface area (Å²) >= 11 is 1.59. The van der Waals surface area contributed by atoms with E-state index in [0.717, 1.165) is 12.8 Å². The number of aryl methyl sites for hydroxylation is 1. The molecule has 0 spiro atoms. The lowest BCUT2D eigenvalue weighted by atomic mass is 9.97. The lowest BCUT2D eigenvalue weighted by Gasteiger charge is -2.22. The normalized spacial score (nSPS) is 20.2. The van der Waals surface area contributed by atoms with Crippen molar-refractivity contribution < 1.29 is 9.90 Å². The van der Waals surface area contributed by atoms with Crippen molar-refractivity contribution >= 4 is 17.7 Å². The fraction of sp³-hybridized carbons (Fsp3) is 0.562. The van der Waals surface area contributed by atoms with Crippen LogP contribution in [0.3, 0.4) is 0 Å². The van der Waals surface area contributed by atoms with Crippen molar-refractivity contribution in [2.45, 2.75) is 43.4 Å². The first kappa shape index (κ1) is 15.4. The molecule has 0 fully saturated rings. The number of carbonyl (C=O) groups is 1. The minimum absolute atomic E-state index is 0.000790. The zero-order valence-corrected chi connectivity index (χ0v) is 13.0. The average molecular weight is 293 g/mol. The molecular formula is C16H23NO2S. The summed E-state index contributed by atoms with van der Waals surface area (Å²) < 4.78 is 0. The second-order valence-electron chi connectivity index (χ2n) is 5.45. The first-order valence-electron chi connectivity index (χ1n) is 7.16. The number of fused-ring (bicyclic) bond motifs is 1. The Morgan fingerprint density at radius 2 is 2.25 bits per heavy atom. The summed E-state index contributed by atoms with van der Waals surface area (Å²) in [6.45, 7) is 2.05. The zero-order valence-electron chi connectivity index (χ0n) is 12.1. The van der Waals surface area contributed by atoms with Gasteiger partial charge in [0.25, 0.3) is 0 Å². The van der Waals surface area contributed by atoms with Gasteiger partial charge in [-0.05, 0) is 43.1 Å². The molecule has 0 aliphatic heterocycles. The summed E-state index contributed by atoms with van der Waals surface area (Å²) in [7, 11) is 0. The molecule has 1 aromatic carbocycles. The van der Waals surface area contributed by atoms with Gasteiger partial charge in [0.1, 0.15) is 0 Å². The minimum Gasteiger partial charge on any atom is -0.395 e. The van der Waals surface area contributed by atoms with E-state index in [1.165, 1.54) is 11.1 Å². The Morgan fingerprint density at radius 3 is 2.95 bits per heavy atom. The Hall–Kier alpha value is -1.00. The quantitative estimate of drug-likeness (QED) is 0.846. The molecular weight excluding hydrogens is 270 g/mol. The number of thioether (sulfide) groups is 1. The molecule has 2 rings (SSSR count). The molecule has 0 saturated heterocycles. The largest absolute Gasteiger partial charge is 0.395 e. The molecule has 2 N–H and O–H groups in total. The Balaban J connectivity index is 1.90. The van der Waals surface area contributed by atoms with Gasteiger partial charge in [0.15, 0.2) is 0 Å². The Kier molecular flexibility index (Phi) is 5.49. The van der Waals surface area contributed by atoms with Crippen molar-refractivity contribution in [1.82, 2.24) is 5.32 Å². The molecule has 1 aliphatic rings. The van der Waals surface area contributed by atoms with E-state index >= 15 is 0 Å². The van der Waals surface area contributed by atoms with E-state index in [0.29, 0.717) is 12.3 Å². The van der Waals surface area contributed by atoms with Crippen LogP contribution < -0.4 is 5.32 Å². The first-order valence-corrected chi connectivity index (χ1v) is 8.45. The van der Waals surface area contributed by atoms with Gasteiger partial charge in [-0.3, -0.25) is 4.79 Å². The third-order valence-electron chi connectivity index (χ3n) is 4.12. The van der Waals surface area contributed by atoms with Crippen molar-refractivity contribution in [1.29, 1.82) is 0 Å². The highest BCUT2D eigenvalue weighted by atomic mass is 32.2. The molecule has 110 valence electrons. The number of hydrogen-bond acceptors (Lipinski definition) is 3. The van der Waals surface area contributed by atoms with Crippen LogP contribution in [-0.4, -0.2) is 35.2 Å². The summed E-state index contributed by atoms with van der Waals surface area (Å²) in [6, 6.07) is 8.41. The molecule has 1 amide bonds. The van der Waals surface area contributed by atoms with Gasteiger partial charge < -0.3 is 10.4 Å². The van der Waals surface area contributed by atoms with Crippen LogP contribution in [0.4, 0.5) is 0 Å². The van der Waals surface area contributed by atoms with E-state index < -0.39 is 0 Å². The highest BCUT2D eigenvalue weighted by Gasteiger charge is 2.25. The fourth-order valence-corrected chi connectivity index (χ4v) is 3.55. The minimum atomic E-state index is -0.000790. The van der Waals surface area contributed by atoms with Crippen molar-refractivity contribution in [3.63, 3.8) is 0 Å². The second kappa shape index (κ2) is 7.14. The Morgan fingerprint density at radius 1 is 1.50 bits per heavy atom. The summed E-state index contributed by atoms with van der Waals surface area (Å²) in [6.07, 6.45) is 4.64. The van der Waals surface area contributed by atoms with Gasteiger partial charge in [0, 0.05) is 17.7 Å². The summed E-state index contributed by atoms with van der Waals surface area (Å²) in [5, 5.41) is 12.3. The van der Waals surface area contributed by atoms with E-state index in [1.54, 1.807) is 11.8 Å². The van der Waals surface area contributed by atoms with Gasteiger partial charge in [-0.15, -0.1) is 0 Å². The van der Waals surface area contributed by atoms with Crippen LogP contribution in [-0.2, 0) is 11.2 Å². The standard InChI is InChI=1S/C16H23NO2S/c1-11(15(10-18)20-2)17-16(19)9-13-8-7-12-5-3-4-6-14(12)13/h3-6,11,13,15,18H,7-10H2,1-2H3,(H,17,19). The highest BCUT2D eigenvalue weighted by molar-refractivity contribution is 7.99. The number of amides is 1. The van der Waals surface area contributed by atoms with Gasteiger partial charge in [0.05, 0.1) is 6.61 Å². The van der Waals surface area contributed by atoms with Crippen molar-refractivity contribution in [3.05, 3.63) is 35.4 Å². The number of benzene rings is 1. The number of aliphatic hydroxyl groups excluding tert-OH is 1. The van der Waals surface area contributed by atoms with E-state index in [2.05, 4.69) is 23.5 Å².